The Labute approximate surface area is 76.3 Å². The molecule has 0 fully saturated rings. The van der Waals surface area contributed by atoms with E-state index < -0.39 is 0 Å². The molecule has 0 spiro atoms. The molecule has 0 aliphatic rings. The molecule has 1 N–H and O–H groups in total. The van der Waals surface area contributed by atoms with E-state index in [-0.39, 0.29) is 12.3 Å². The van der Waals surface area contributed by atoms with E-state index in [0.717, 1.165) is 0 Å². The topological polar surface area (TPSA) is 74.8 Å². The van der Waals surface area contributed by atoms with Crippen molar-refractivity contribution in [2.75, 3.05) is 13.1 Å². The fourth-order valence-electron chi connectivity index (χ4n) is 1.08. The lowest BCUT2D eigenvalue weighted by molar-refractivity contribution is -0.130. The molecule has 1 rings (SSSR count). The number of carbonyl (C=O) groups excluding carboxylic acids is 1. The zero-order valence-electron chi connectivity index (χ0n) is 7.82. The van der Waals surface area contributed by atoms with Crippen molar-refractivity contribution in [3.05, 3.63) is 5.82 Å². The van der Waals surface area contributed by atoms with E-state index in [9.17, 15) is 4.79 Å². The molecule has 6 nitrogen and oxygen atoms in total. The van der Waals surface area contributed by atoms with E-state index in [4.69, 9.17) is 0 Å². The number of H-pyrrole nitrogens is 1. The Morgan fingerprint density at radius 3 is 2.62 bits per heavy atom. The molecule has 1 amide bonds. The maximum Gasteiger partial charge on any atom is 0.230 e. The quantitative estimate of drug-likeness (QED) is 0.689. The third-order valence-electron chi connectivity index (χ3n) is 1.81. The van der Waals surface area contributed by atoms with Crippen LogP contribution in [0.4, 0.5) is 0 Å². The first-order chi connectivity index (χ1) is 6.27. The van der Waals surface area contributed by atoms with Crippen LogP contribution in [0.25, 0.3) is 0 Å². The zero-order chi connectivity index (χ0) is 9.68. The van der Waals surface area contributed by atoms with Crippen LogP contribution in [0.1, 0.15) is 19.7 Å². The van der Waals surface area contributed by atoms with Gasteiger partial charge in [0.1, 0.15) is 0 Å². The summed E-state index contributed by atoms with van der Waals surface area (Å²) in [5.74, 6) is 0.475. The number of tetrazole rings is 1. The number of rotatable bonds is 4. The minimum Gasteiger partial charge on any atom is -0.343 e. The molecular formula is C7H13N5O. The highest BCUT2D eigenvalue weighted by Crippen LogP contribution is 1.94. The summed E-state index contributed by atoms with van der Waals surface area (Å²) in [7, 11) is 0. The van der Waals surface area contributed by atoms with Gasteiger partial charge in [0.15, 0.2) is 5.82 Å². The SMILES string of the molecule is CCN(CC)C(=O)Cc1nn[nH]n1. The van der Waals surface area contributed by atoms with Crippen LogP contribution in [0.15, 0.2) is 0 Å². The number of nitrogens with one attached hydrogen (secondary N) is 1. The Balaban J connectivity index is 2.49. The second-order valence-corrected chi connectivity index (χ2v) is 2.57. The van der Waals surface area contributed by atoms with E-state index in [1.807, 2.05) is 13.8 Å². The first-order valence-corrected chi connectivity index (χ1v) is 4.28. The average molecular weight is 183 g/mol. The largest absolute Gasteiger partial charge is 0.343 e. The van der Waals surface area contributed by atoms with Gasteiger partial charge in [0.25, 0.3) is 0 Å². The molecule has 1 aromatic rings. The number of amides is 1. The molecule has 0 aliphatic carbocycles. The van der Waals surface area contributed by atoms with Crippen molar-refractivity contribution in [3.8, 4) is 0 Å². The molecule has 0 bridgehead atoms. The minimum atomic E-state index is 0.0337. The average Bonchev–Trinajstić information content (AvgIpc) is 2.59. The highest BCUT2D eigenvalue weighted by Gasteiger charge is 2.12. The third-order valence-corrected chi connectivity index (χ3v) is 1.81. The Morgan fingerprint density at radius 1 is 1.46 bits per heavy atom. The summed E-state index contributed by atoms with van der Waals surface area (Å²) in [6.07, 6.45) is 0.220. The summed E-state index contributed by atoms with van der Waals surface area (Å²) in [4.78, 5) is 13.2. The number of nitrogens with zero attached hydrogens (tertiary/aromatic N) is 4. The molecule has 0 saturated carbocycles. The fourth-order valence-corrected chi connectivity index (χ4v) is 1.08. The minimum absolute atomic E-state index is 0.0337. The summed E-state index contributed by atoms with van der Waals surface area (Å²) >= 11 is 0. The van der Waals surface area contributed by atoms with Crippen LogP contribution in [0.3, 0.4) is 0 Å². The van der Waals surface area contributed by atoms with Gasteiger partial charge >= 0.3 is 0 Å². The lowest BCUT2D eigenvalue weighted by Gasteiger charge is -2.17. The monoisotopic (exact) mass is 183 g/mol. The summed E-state index contributed by atoms with van der Waals surface area (Å²) in [5, 5.41) is 13.1. The number of hydrogen-bond acceptors (Lipinski definition) is 4. The van der Waals surface area contributed by atoms with E-state index >= 15 is 0 Å². The predicted molar refractivity (Wildman–Crippen MR) is 45.8 cm³/mol. The van der Waals surface area contributed by atoms with Gasteiger partial charge in [-0.1, -0.05) is 5.21 Å². The van der Waals surface area contributed by atoms with Gasteiger partial charge in [-0.2, -0.15) is 5.21 Å². The van der Waals surface area contributed by atoms with Crippen molar-refractivity contribution >= 4 is 5.91 Å². The van der Waals surface area contributed by atoms with Crippen molar-refractivity contribution in [3.63, 3.8) is 0 Å². The molecule has 1 aromatic heterocycles. The summed E-state index contributed by atoms with van der Waals surface area (Å²) in [5.41, 5.74) is 0. The summed E-state index contributed by atoms with van der Waals surface area (Å²) in [6.45, 7) is 5.32. The molecule has 0 atom stereocenters. The van der Waals surface area contributed by atoms with Gasteiger partial charge in [-0.3, -0.25) is 4.79 Å². The van der Waals surface area contributed by atoms with Crippen LogP contribution in [0.2, 0.25) is 0 Å². The molecule has 0 aromatic carbocycles. The van der Waals surface area contributed by atoms with Gasteiger partial charge in [0.05, 0.1) is 6.42 Å². The standard InChI is InChI=1S/C7H13N5O/c1-3-12(4-2)7(13)5-6-8-10-11-9-6/h3-5H2,1-2H3,(H,8,9,10,11). The first-order valence-electron chi connectivity index (χ1n) is 4.28. The number of aromatic amines is 1. The van der Waals surface area contributed by atoms with Gasteiger partial charge in [-0.05, 0) is 13.8 Å². The van der Waals surface area contributed by atoms with Gasteiger partial charge in [0, 0.05) is 13.1 Å². The summed E-state index contributed by atoms with van der Waals surface area (Å²) < 4.78 is 0. The van der Waals surface area contributed by atoms with Crippen LogP contribution in [0, 0.1) is 0 Å². The molecular weight excluding hydrogens is 170 g/mol. The predicted octanol–water partition coefficient (Wildman–Crippen LogP) is -0.389. The summed E-state index contributed by atoms with van der Waals surface area (Å²) in [6, 6.07) is 0. The lowest BCUT2D eigenvalue weighted by Crippen LogP contribution is -2.32. The Morgan fingerprint density at radius 2 is 2.15 bits per heavy atom. The Kier molecular flexibility index (Phi) is 3.36. The van der Waals surface area contributed by atoms with E-state index in [2.05, 4.69) is 20.6 Å². The van der Waals surface area contributed by atoms with E-state index in [0.29, 0.717) is 18.9 Å². The molecule has 0 radical (unpaired) electrons. The Hall–Kier alpha value is -1.46. The second kappa shape index (κ2) is 4.54. The van der Waals surface area contributed by atoms with Crippen LogP contribution in [0.5, 0.6) is 0 Å². The van der Waals surface area contributed by atoms with Crippen LogP contribution in [-0.2, 0) is 11.2 Å². The Bertz CT molecular complexity index is 254. The number of aromatic nitrogens is 4. The third kappa shape index (κ3) is 2.50. The van der Waals surface area contributed by atoms with E-state index in [1.54, 1.807) is 4.90 Å². The van der Waals surface area contributed by atoms with Crippen molar-refractivity contribution in [1.82, 2.24) is 25.5 Å². The van der Waals surface area contributed by atoms with Crippen LogP contribution in [-0.4, -0.2) is 44.5 Å². The maximum atomic E-state index is 11.5. The number of likely N-dealkylation sites (N-methyl/N-ethyl adjacent to an activating group) is 1. The maximum absolute atomic E-state index is 11.5. The molecule has 1 heterocycles. The molecule has 6 heteroatoms. The van der Waals surface area contributed by atoms with Crippen molar-refractivity contribution in [1.29, 1.82) is 0 Å². The van der Waals surface area contributed by atoms with Gasteiger partial charge in [-0.25, -0.2) is 0 Å². The molecule has 72 valence electrons. The highest BCUT2D eigenvalue weighted by atomic mass is 16.2. The highest BCUT2D eigenvalue weighted by molar-refractivity contribution is 5.77. The van der Waals surface area contributed by atoms with E-state index in [1.165, 1.54) is 0 Å². The van der Waals surface area contributed by atoms with Crippen LogP contribution < -0.4 is 0 Å². The zero-order valence-corrected chi connectivity index (χ0v) is 7.82. The molecule has 0 aliphatic heterocycles. The molecule has 0 saturated heterocycles. The number of carbonyl (C=O) groups is 1. The normalized spacial score (nSPS) is 10.0. The first kappa shape index (κ1) is 9.63. The van der Waals surface area contributed by atoms with Crippen LogP contribution >= 0.6 is 0 Å². The fraction of sp³-hybridized carbons (Fsp3) is 0.714. The van der Waals surface area contributed by atoms with Crippen molar-refractivity contribution in [2.45, 2.75) is 20.3 Å². The smallest absolute Gasteiger partial charge is 0.230 e. The lowest BCUT2D eigenvalue weighted by atomic mass is 10.3. The van der Waals surface area contributed by atoms with Gasteiger partial charge < -0.3 is 4.90 Å². The molecule has 13 heavy (non-hydrogen) atoms. The van der Waals surface area contributed by atoms with Gasteiger partial charge in [-0.15, -0.1) is 10.2 Å². The second-order valence-electron chi connectivity index (χ2n) is 2.57. The number of hydrogen-bond donors (Lipinski definition) is 1. The van der Waals surface area contributed by atoms with Gasteiger partial charge in [0.2, 0.25) is 5.91 Å². The van der Waals surface area contributed by atoms with Crippen molar-refractivity contribution in [2.24, 2.45) is 0 Å². The molecule has 0 unspecified atom stereocenters. The van der Waals surface area contributed by atoms with Crippen molar-refractivity contribution < 1.29 is 4.79 Å².